The molecule has 1 heterocycles. The Hall–Kier alpha value is -1.51. The molecule has 0 amide bonds. The van der Waals surface area contributed by atoms with Crippen LogP contribution < -0.4 is 10.0 Å². The van der Waals surface area contributed by atoms with Crippen molar-refractivity contribution in [1.29, 1.82) is 0 Å². The molecule has 0 saturated carbocycles. The number of hydrogen-bond acceptors (Lipinski definition) is 3. The van der Waals surface area contributed by atoms with Crippen LogP contribution in [0.5, 0.6) is 0 Å². The molecule has 0 fully saturated rings. The zero-order valence-corrected chi connectivity index (χ0v) is 12.0. The standard InChI is InChI=1S/C14H18N2O2S/c1-4-14(2,3)16-19(17,18)12-8-7-11-6-5-9-15-13(11)10-12/h1,7-8,10,15-16H,5-6,9H2,2-3H3. The highest BCUT2D eigenvalue weighted by molar-refractivity contribution is 7.89. The highest BCUT2D eigenvalue weighted by atomic mass is 32.2. The summed E-state index contributed by atoms with van der Waals surface area (Å²) in [5, 5.41) is 3.22. The van der Waals surface area contributed by atoms with Crippen LogP contribution in [0.25, 0.3) is 0 Å². The van der Waals surface area contributed by atoms with E-state index in [4.69, 9.17) is 6.42 Å². The summed E-state index contributed by atoms with van der Waals surface area (Å²) in [5.41, 5.74) is 1.15. The van der Waals surface area contributed by atoms with Crippen LogP contribution in [0.2, 0.25) is 0 Å². The minimum Gasteiger partial charge on any atom is -0.385 e. The van der Waals surface area contributed by atoms with Gasteiger partial charge in [0.05, 0.1) is 10.4 Å². The van der Waals surface area contributed by atoms with Crippen molar-refractivity contribution in [2.45, 2.75) is 37.1 Å². The number of hydrogen-bond donors (Lipinski definition) is 2. The molecular formula is C14H18N2O2S. The number of anilines is 1. The van der Waals surface area contributed by atoms with Crippen LogP contribution >= 0.6 is 0 Å². The predicted octanol–water partition coefficient (Wildman–Crippen LogP) is 1.73. The van der Waals surface area contributed by atoms with E-state index >= 15 is 0 Å². The van der Waals surface area contributed by atoms with E-state index in [0.717, 1.165) is 30.6 Å². The maximum Gasteiger partial charge on any atom is 0.241 e. The van der Waals surface area contributed by atoms with Crippen molar-refractivity contribution < 1.29 is 8.42 Å². The Labute approximate surface area is 114 Å². The maximum absolute atomic E-state index is 12.3. The van der Waals surface area contributed by atoms with Crippen LogP contribution in [0.4, 0.5) is 5.69 Å². The van der Waals surface area contributed by atoms with Gasteiger partial charge in [0, 0.05) is 12.2 Å². The zero-order chi connectivity index (χ0) is 14.1. The van der Waals surface area contributed by atoms with E-state index in [9.17, 15) is 8.42 Å². The fraction of sp³-hybridized carbons (Fsp3) is 0.429. The first kappa shape index (κ1) is 13.9. The van der Waals surface area contributed by atoms with Gasteiger partial charge in [-0.15, -0.1) is 6.42 Å². The first-order valence-electron chi connectivity index (χ1n) is 6.23. The maximum atomic E-state index is 12.3. The van der Waals surface area contributed by atoms with E-state index in [1.165, 1.54) is 0 Å². The smallest absolute Gasteiger partial charge is 0.241 e. The second-order valence-electron chi connectivity index (χ2n) is 5.22. The summed E-state index contributed by atoms with van der Waals surface area (Å²) >= 11 is 0. The van der Waals surface area contributed by atoms with Gasteiger partial charge in [-0.05, 0) is 44.4 Å². The van der Waals surface area contributed by atoms with Crippen molar-refractivity contribution in [1.82, 2.24) is 4.72 Å². The van der Waals surface area contributed by atoms with Crippen LogP contribution in [0.1, 0.15) is 25.8 Å². The van der Waals surface area contributed by atoms with E-state index in [1.54, 1.807) is 26.0 Å². The molecule has 0 bridgehead atoms. The number of nitrogens with one attached hydrogen (secondary N) is 2. The van der Waals surface area contributed by atoms with Crippen LogP contribution in [0, 0.1) is 12.3 Å². The molecule has 1 aromatic rings. The summed E-state index contributed by atoms with van der Waals surface area (Å²) in [6.45, 7) is 4.18. The molecule has 2 N–H and O–H groups in total. The Bertz CT molecular complexity index is 627. The topological polar surface area (TPSA) is 58.2 Å². The van der Waals surface area contributed by atoms with E-state index in [1.807, 2.05) is 6.07 Å². The Kier molecular flexibility index (Phi) is 3.57. The van der Waals surface area contributed by atoms with E-state index in [-0.39, 0.29) is 4.90 Å². The van der Waals surface area contributed by atoms with Gasteiger partial charge >= 0.3 is 0 Å². The monoisotopic (exact) mass is 278 g/mol. The fourth-order valence-electron chi connectivity index (χ4n) is 2.03. The highest BCUT2D eigenvalue weighted by Crippen LogP contribution is 2.25. The molecule has 19 heavy (non-hydrogen) atoms. The van der Waals surface area contributed by atoms with Gasteiger partial charge in [0.15, 0.2) is 0 Å². The minimum atomic E-state index is -3.60. The second-order valence-corrected chi connectivity index (χ2v) is 6.91. The lowest BCUT2D eigenvalue weighted by Gasteiger charge is -2.22. The SMILES string of the molecule is C#CC(C)(C)NS(=O)(=O)c1ccc2c(c1)NCCC2. The summed E-state index contributed by atoms with van der Waals surface area (Å²) < 4.78 is 27.0. The van der Waals surface area contributed by atoms with Crippen molar-refractivity contribution in [3.8, 4) is 12.3 Å². The molecular weight excluding hydrogens is 260 g/mol. The van der Waals surface area contributed by atoms with Gasteiger partial charge in [-0.2, -0.15) is 4.72 Å². The summed E-state index contributed by atoms with van der Waals surface area (Å²) in [5.74, 6) is 2.42. The van der Waals surface area contributed by atoms with E-state index in [0.29, 0.717) is 0 Å². The molecule has 1 aromatic carbocycles. The Morgan fingerprint density at radius 3 is 2.84 bits per heavy atom. The first-order chi connectivity index (χ1) is 8.84. The van der Waals surface area contributed by atoms with Gasteiger partial charge in [-0.1, -0.05) is 12.0 Å². The summed E-state index contributed by atoms with van der Waals surface area (Å²) in [7, 11) is -3.60. The van der Waals surface area contributed by atoms with Crippen LogP contribution in [-0.4, -0.2) is 20.5 Å². The van der Waals surface area contributed by atoms with Gasteiger partial charge in [0.25, 0.3) is 0 Å². The summed E-state index contributed by atoms with van der Waals surface area (Å²) in [6.07, 6.45) is 7.36. The highest BCUT2D eigenvalue weighted by Gasteiger charge is 2.25. The van der Waals surface area contributed by atoms with Crippen molar-refractivity contribution >= 4 is 15.7 Å². The summed E-state index contributed by atoms with van der Waals surface area (Å²) in [4.78, 5) is 0.240. The number of benzene rings is 1. The van der Waals surface area contributed by atoms with Crippen molar-refractivity contribution in [2.24, 2.45) is 0 Å². The molecule has 0 saturated heterocycles. The molecule has 102 valence electrons. The number of aryl methyl sites for hydroxylation is 1. The van der Waals surface area contributed by atoms with Gasteiger partial charge in [-0.25, -0.2) is 8.42 Å². The van der Waals surface area contributed by atoms with E-state index in [2.05, 4.69) is 16.0 Å². The molecule has 1 aliphatic heterocycles. The Balaban J connectivity index is 2.34. The number of terminal acetylenes is 1. The second kappa shape index (κ2) is 4.87. The molecule has 1 aliphatic rings. The van der Waals surface area contributed by atoms with Crippen molar-refractivity contribution in [3.05, 3.63) is 23.8 Å². The largest absolute Gasteiger partial charge is 0.385 e. The lowest BCUT2D eigenvalue weighted by Crippen LogP contribution is -2.42. The fourth-order valence-corrected chi connectivity index (χ4v) is 3.40. The van der Waals surface area contributed by atoms with Gasteiger partial charge in [0.2, 0.25) is 10.0 Å². The number of rotatable bonds is 3. The van der Waals surface area contributed by atoms with Crippen LogP contribution in [0.15, 0.2) is 23.1 Å². The lowest BCUT2D eigenvalue weighted by atomic mass is 10.0. The Morgan fingerprint density at radius 1 is 1.42 bits per heavy atom. The molecule has 4 nitrogen and oxygen atoms in total. The van der Waals surface area contributed by atoms with Gasteiger partial charge in [-0.3, -0.25) is 0 Å². The van der Waals surface area contributed by atoms with E-state index < -0.39 is 15.6 Å². The van der Waals surface area contributed by atoms with Gasteiger partial charge < -0.3 is 5.32 Å². The van der Waals surface area contributed by atoms with Crippen LogP contribution in [0.3, 0.4) is 0 Å². The molecule has 0 unspecified atom stereocenters. The third-order valence-corrected chi connectivity index (χ3v) is 4.73. The lowest BCUT2D eigenvalue weighted by molar-refractivity contribution is 0.539. The number of fused-ring (bicyclic) bond motifs is 1. The first-order valence-corrected chi connectivity index (χ1v) is 7.71. The molecule has 0 aliphatic carbocycles. The van der Waals surface area contributed by atoms with Crippen molar-refractivity contribution in [2.75, 3.05) is 11.9 Å². The third kappa shape index (κ3) is 3.09. The molecule has 0 aromatic heterocycles. The minimum absolute atomic E-state index is 0.240. The van der Waals surface area contributed by atoms with Crippen molar-refractivity contribution in [3.63, 3.8) is 0 Å². The average molecular weight is 278 g/mol. The zero-order valence-electron chi connectivity index (χ0n) is 11.2. The summed E-state index contributed by atoms with van der Waals surface area (Å²) in [6, 6.07) is 5.16. The molecule has 0 atom stereocenters. The van der Waals surface area contributed by atoms with Crippen LogP contribution in [-0.2, 0) is 16.4 Å². The third-order valence-electron chi connectivity index (χ3n) is 3.08. The molecule has 2 rings (SSSR count). The molecule has 0 radical (unpaired) electrons. The quantitative estimate of drug-likeness (QED) is 0.828. The molecule has 5 heteroatoms. The number of sulfonamides is 1. The Morgan fingerprint density at radius 2 is 2.16 bits per heavy atom. The van der Waals surface area contributed by atoms with Gasteiger partial charge in [0.1, 0.15) is 0 Å². The molecule has 0 spiro atoms. The predicted molar refractivity (Wildman–Crippen MR) is 76.5 cm³/mol. The average Bonchev–Trinajstić information content (AvgIpc) is 2.37. The normalized spacial score (nSPS) is 15.2.